The molecule has 3 heteroatoms. The smallest absolute Gasteiger partial charge is 0.256 e. The summed E-state index contributed by atoms with van der Waals surface area (Å²) in [4.78, 5) is 0. The average molecular weight is 163 g/mol. The van der Waals surface area contributed by atoms with E-state index >= 15 is 0 Å². The summed E-state index contributed by atoms with van der Waals surface area (Å²) in [5.41, 5.74) is -0.889. The van der Waals surface area contributed by atoms with E-state index in [1.165, 1.54) is 0 Å². The zero-order valence-corrected chi connectivity index (χ0v) is 7.20. The molecule has 0 saturated heterocycles. The van der Waals surface area contributed by atoms with E-state index in [0.29, 0.717) is 12.3 Å². The van der Waals surface area contributed by atoms with Crippen molar-refractivity contribution in [3.63, 3.8) is 0 Å². The number of hydrogen-bond donors (Lipinski definition) is 1. The standard InChI is InChI=1S/C8H15F2N/c1-5-4-8(11-3,6(5)2)7(9)10/h5-7,11H,4H2,1-3H3. The van der Waals surface area contributed by atoms with Crippen LogP contribution in [0.2, 0.25) is 0 Å². The zero-order valence-electron chi connectivity index (χ0n) is 7.20. The molecule has 1 rings (SSSR count). The molecule has 1 aliphatic carbocycles. The van der Waals surface area contributed by atoms with Crippen LogP contribution in [0.3, 0.4) is 0 Å². The number of halogens is 2. The molecule has 1 nitrogen and oxygen atoms in total. The van der Waals surface area contributed by atoms with E-state index in [4.69, 9.17) is 0 Å². The Morgan fingerprint density at radius 2 is 2.00 bits per heavy atom. The van der Waals surface area contributed by atoms with Gasteiger partial charge in [-0.3, -0.25) is 0 Å². The van der Waals surface area contributed by atoms with Crippen molar-refractivity contribution in [2.24, 2.45) is 11.8 Å². The molecular formula is C8H15F2N. The van der Waals surface area contributed by atoms with Crippen LogP contribution in [-0.4, -0.2) is 19.0 Å². The summed E-state index contributed by atoms with van der Waals surface area (Å²) in [7, 11) is 1.62. The van der Waals surface area contributed by atoms with E-state index in [-0.39, 0.29) is 5.92 Å². The molecule has 1 aliphatic rings. The van der Waals surface area contributed by atoms with E-state index in [2.05, 4.69) is 5.32 Å². The van der Waals surface area contributed by atoms with Crippen LogP contribution in [0, 0.1) is 11.8 Å². The van der Waals surface area contributed by atoms with Gasteiger partial charge in [0.05, 0.1) is 5.54 Å². The van der Waals surface area contributed by atoms with E-state index < -0.39 is 12.0 Å². The maximum Gasteiger partial charge on any atom is 0.256 e. The van der Waals surface area contributed by atoms with Crippen LogP contribution in [0.15, 0.2) is 0 Å². The van der Waals surface area contributed by atoms with Gasteiger partial charge in [0.1, 0.15) is 0 Å². The Bertz CT molecular complexity index is 149. The minimum Gasteiger partial charge on any atom is -0.309 e. The Morgan fingerprint density at radius 1 is 1.45 bits per heavy atom. The summed E-state index contributed by atoms with van der Waals surface area (Å²) in [6.45, 7) is 3.90. The van der Waals surface area contributed by atoms with Gasteiger partial charge < -0.3 is 5.32 Å². The van der Waals surface area contributed by atoms with Crippen LogP contribution < -0.4 is 5.32 Å². The van der Waals surface area contributed by atoms with E-state index in [1.54, 1.807) is 7.05 Å². The highest BCUT2D eigenvalue weighted by Crippen LogP contribution is 2.46. The summed E-state index contributed by atoms with van der Waals surface area (Å²) >= 11 is 0. The van der Waals surface area contributed by atoms with Crippen LogP contribution in [0.25, 0.3) is 0 Å². The number of hydrogen-bond acceptors (Lipinski definition) is 1. The lowest BCUT2D eigenvalue weighted by Gasteiger charge is -2.52. The van der Waals surface area contributed by atoms with Gasteiger partial charge in [-0.2, -0.15) is 0 Å². The van der Waals surface area contributed by atoms with Gasteiger partial charge in [0.15, 0.2) is 0 Å². The molecule has 0 radical (unpaired) electrons. The lowest BCUT2D eigenvalue weighted by atomic mass is 9.61. The summed E-state index contributed by atoms with van der Waals surface area (Å²) < 4.78 is 25.0. The molecular weight excluding hydrogens is 148 g/mol. The largest absolute Gasteiger partial charge is 0.309 e. The van der Waals surface area contributed by atoms with Crippen LogP contribution in [0.4, 0.5) is 8.78 Å². The minimum absolute atomic E-state index is 0.0903. The molecule has 3 unspecified atom stereocenters. The molecule has 3 atom stereocenters. The van der Waals surface area contributed by atoms with Crippen LogP contribution in [0.5, 0.6) is 0 Å². The van der Waals surface area contributed by atoms with Gasteiger partial charge in [0, 0.05) is 0 Å². The van der Waals surface area contributed by atoms with Crippen molar-refractivity contribution in [1.29, 1.82) is 0 Å². The lowest BCUT2D eigenvalue weighted by molar-refractivity contribution is -0.0868. The summed E-state index contributed by atoms with van der Waals surface area (Å²) in [6, 6.07) is 0. The highest BCUT2D eigenvalue weighted by molar-refractivity contribution is 5.05. The normalized spacial score (nSPS) is 44.2. The fourth-order valence-corrected chi connectivity index (χ4v) is 1.97. The lowest BCUT2D eigenvalue weighted by Crippen LogP contribution is -2.64. The SMILES string of the molecule is CNC1(C(F)F)CC(C)C1C. The fraction of sp³-hybridized carbons (Fsp3) is 1.00. The van der Waals surface area contributed by atoms with Crippen molar-refractivity contribution in [3.8, 4) is 0 Å². The van der Waals surface area contributed by atoms with Crippen molar-refractivity contribution >= 4 is 0 Å². The zero-order chi connectivity index (χ0) is 8.65. The number of rotatable bonds is 2. The van der Waals surface area contributed by atoms with Gasteiger partial charge in [-0.25, -0.2) is 8.78 Å². The summed E-state index contributed by atoms with van der Waals surface area (Å²) in [5.74, 6) is 0.518. The second-order valence-electron chi connectivity index (χ2n) is 3.56. The fourth-order valence-electron chi connectivity index (χ4n) is 1.97. The molecule has 1 fully saturated rings. The van der Waals surface area contributed by atoms with Crippen molar-refractivity contribution in [2.45, 2.75) is 32.2 Å². The Hall–Kier alpha value is -0.180. The third-order valence-electron chi connectivity index (χ3n) is 3.18. The second-order valence-corrected chi connectivity index (χ2v) is 3.56. The predicted octanol–water partition coefficient (Wildman–Crippen LogP) is 1.89. The van der Waals surface area contributed by atoms with Gasteiger partial charge in [0.25, 0.3) is 6.43 Å². The molecule has 0 aromatic carbocycles. The molecule has 0 amide bonds. The van der Waals surface area contributed by atoms with Gasteiger partial charge in [-0.05, 0) is 25.3 Å². The first-order valence-electron chi connectivity index (χ1n) is 4.01. The highest BCUT2D eigenvalue weighted by atomic mass is 19.3. The first-order valence-corrected chi connectivity index (χ1v) is 4.01. The van der Waals surface area contributed by atoms with Crippen molar-refractivity contribution in [1.82, 2.24) is 5.32 Å². The van der Waals surface area contributed by atoms with Gasteiger partial charge in [0.2, 0.25) is 0 Å². The van der Waals surface area contributed by atoms with Crippen molar-refractivity contribution in [3.05, 3.63) is 0 Å². The van der Waals surface area contributed by atoms with Crippen LogP contribution in [0.1, 0.15) is 20.3 Å². The third-order valence-corrected chi connectivity index (χ3v) is 3.18. The second kappa shape index (κ2) is 2.70. The molecule has 0 aromatic rings. The van der Waals surface area contributed by atoms with Crippen molar-refractivity contribution < 1.29 is 8.78 Å². The molecule has 0 aliphatic heterocycles. The monoisotopic (exact) mass is 163 g/mol. The molecule has 1 saturated carbocycles. The molecule has 0 heterocycles. The Kier molecular flexibility index (Phi) is 2.19. The van der Waals surface area contributed by atoms with E-state index in [0.717, 1.165) is 0 Å². The Morgan fingerprint density at radius 3 is 2.09 bits per heavy atom. The molecule has 0 spiro atoms. The molecule has 0 bridgehead atoms. The first kappa shape index (κ1) is 8.91. The molecule has 0 aromatic heterocycles. The molecule has 1 N–H and O–H groups in total. The van der Waals surface area contributed by atoms with Gasteiger partial charge in [-0.1, -0.05) is 13.8 Å². The maximum absolute atomic E-state index is 12.5. The van der Waals surface area contributed by atoms with E-state index in [9.17, 15) is 8.78 Å². The van der Waals surface area contributed by atoms with Gasteiger partial charge >= 0.3 is 0 Å². The maximum atomic E-state index is 12.5. The highest BCUT2D eigenvalue weighted by Gasteiger charge is 2.54. The van der Waals surface area contributed by atoms with Gasteiger partial charge in [-0.15, -0.1) is 0 Å². The Labute approximate surface area is 66.2 Å². The molecule has 66 valence electrons. The minimum atomic E-state index is -2.24. The topological polar surface area (TPSA) is 12.0 Å². The van der Waals surface area contributed by atoms with Crippen LogP contribution in [-0.2, 0) is 0 Å². The number of nitrogens with one attached hydrogen (secondary N) is 1. The first-order chi connectivity index (χ1) is 5.04. The quantitative estimate of drug-likeness (QED) is 0.655. The van der Waals surface area contributed by atoms with E-state index in [1.807, 2.05) is 13.8 Å². The Balaban J connectivity index is 2.65. The van der Waals surface area contributed by atoms with Crippen molar-refractivity contribution in [2.75, 3.05) is 7.05 Å². The third kappa shape index (κ3) is 1.06. The summed E-state index contributed by atoms with van der Waals surface area (Å²) in [5, 5.41) is 2.74. The van der Waals surface area contributed by atoms with Crippen LogP contribution >= 0.6 is 0 Å². The predicted molar refractivity (Wildman–Crippen MR) is 40.7 cm³/mol. The average Bonchev–Trinajstić information content (AvgIpc) is 1.98. The molecule has 11 heavy (non-hydrogen) atoms. The number of alkyl halides is 2. The summed E-state index contributed by atoms with van der Waals surface area (Å²) in [6.07, 6.45) is -1.64.